The fraction of sp³-hybridized carbons (Fsp3) is 0.917. The van der Waals surface area contributed by atoms with Gasteiger partial charge in [-0.1, -0.05) is 0 Å². The molecule has 1 aliphatic rings. The van der Waals surface area contributed by atoms with Gasteiger partial charge in [0.1, 0.15) is 6.10 Å². The van der Waals surface area contributed by atoms with Crippen LogP contribution in [0.2, 0.25) is 0 Å². The Bertz CT molecular complexity index is 253. The highest BCUT2D eigenvalue weighted by Gasteiger charge is 2.39. The number of carbonyl (C=O) groups is 1. The lowest BCUT2D eigenvalue weighted by Crippen LogP contribution is -2.50. The van der Waals surface area contributed by atoms with Crippen molar-refractivity contribution in [1.82, 2.24) is 0 Å². The normalized spacial score (nSPS) is 33.8. The Morgan fingerprint density at radius 2 is 2.06 bits per heavy atom. The maximum absolute atomic E-state index is 11.0. The maximum Gasteiger partial charge on any atom is 0.303 e. The van der Waals surface area contributed by atoms with Crippen LogP contribution in [0.25, 0.3) is 0 Å². The Hall–Kier alpha value is -0.650. The van der Waals surface area contributed by atoms with E-state index in [2.05, 4.69) is 0 Å². The van der Waals surface area contributed by atoms with Crippen LogP contribution < -0.4 is 0 Å². The molecule has 0 unspecified atom stereocenters. The molecule has 5 nitrogen and oxygen atoms in total. The number of ether oxygens (including phenoxy) is 4. The van der Waals surface area contributed by atoms with Crippen LogP contribution in [-0.2, 0) is 23.7 Å². The van der Waals surface area contributed by atoms with Gasteiger partial charge in [-0.05, 0) is 20.8 Å². The van der Waals surface area contributed by atoms with Gasteiger partial charge in [0.25, 0.3) is 0 Å². The molecule has 1 fully saturated rings. The van der Waals surface area contributed by atoms with Crippen molar-refractivity contribution in [3.05, 3.63) is 0 Å². The third-order valence-electron chi connectivity index (χ3n) is 2.65. The molecule has 1 rings (SSSR count). The largest absolute Gasteiger partial charge is 0.457 e. The Morgan fingerprint density at radius 3 is 2.53 bits per heavy atom. The molecule has 0 aromatic heterocycles. The highest BCUT2D eigenvalue weighted by molar-refractivity contribution is 5.66. The van der Waals surface area contributed by atoms with Crippen LogP contribution in [0.3, 0.4) is 0 Å². The van der Waals surface area contributed by atoms with Gasteiger partial charge < -0.3 is 18.9 Å². The first kappa shape index (κ1) is 14.4. The Balaban J connectivity index is 2.62. The number of carbonyl (C=O) groups excluding carboxylic acids is 1. The Labute approximate surface area is 102 Å². The van der Waals surface area contributed by atoms with E-state index in [4.69, 9.17) is 18.9 Å². The molecule has 0 aliphatic carbocycles. The molecular formula is C12H22O5. The van der Waals surface area contributed by atoms with Crippen LogP contribution in [0.1, 0.15) is 34.1 Å². The standard InChI is InChI=1S/C12H22O5/c1-7(2)15-11-6-10(14-5)12(8(3)16-11)17-9(4)13/h7-8,10-12H,6H2,1-5H3/t8-,10+,11+,12+/m0/s1. The molecule has 1 saturated heterocycles. The van der Waals surface area contributed by atoms with Crippen LogP contribution in [0.5, 0.6) is 0 Å². The van der Waals surface area contributed by atoms with Crippen LogP contribution >= 0.6 is 0 Å². The zero-order chi connectivity index (χ0) is 13.0. The summed E-state index contributed by atoms with van der Waals surface area (Å²) in [5.74, 6) is -0.323. The van der Waals surface area contributed by atoms with E-state index in [1.165, 1.54) is 6.92 Å². The second-order valence-electron chi connectivity index (χ2n) is 4.54. The topological polar surface area (TPSA) is 54.0 Å². The molecule has 4 atom stereocenters. The average molecular weight is 246 g/mol. The average Bonchev–Trinajstić information content (AvgIpc) is 2.20. The lowest BCUT2D eigenvalue weighted by molar-refractivity contribution is -0.263. The Kier molecular flexibility index (Phi) is 5.36. The molecule has 0 bridgehead atoms. The quantitative estimate of drug-likeness (QED) is 0.703. The predicted octanol–water partition coefficient (Wildman–Crippen LogP) is 1.49. The lowest BCUT2D eigenvalue weighted by Gasteiger charge is -2.39. The lowest BCUT2D eigenvalue weighted by atomic mass is 10.0. The minimum atomic E-state index is -0.371. The summed E-state index contributed by atoms with van der Waals surface area (Å²) < 4.78 is 21.8. The summed E-state index contributed by atoms with van der Waals surface area (Å²) in [5, 5.41) is 0. The van der Waals surface area contributed by atoms with E-state index in [1.807, 2.05) is 20.8 Å². The molecule has 5 heteroatoms. The third kappa shape index (κ3) is 4.26. The smallest absolute Gasteiger partial charge is 0.303 e. The molecule has 1 aliphatic heterocycles. The van der Waals surface area contributed by atoms with E-state index in [1.54, 1.807) is 7.11 Å². The first-order valence-electron chi connectivity index (χ1n) is 5.95. The van der Waals surface area contributed by atoms with E-state index in [0.717, 1.165) is 0 Å². The number of methoxy groups -OCH3 is 1. The van der Waals surface area contributed by atoms with Gasteiger partial charge in [0, 0.05) is 20.5 Å². The third-order valence-corrected chi connectivity index (χ3v) is 2.65. The molecule has 0 aromatic carbocycles. The van der Waals surface area contributed by atoms with Crippen LogP contribution in [-0.4, -0.2) is 43.8 Å². The summed E-state index contributed by atoms with van der Waals surface area (Å²) in [6, 6.07) is 0. The molecule has 0 spiro atoms. The van der Waals surface area contributed by atoms with E-state index in [0.29, 0.717) is 6.42 Å². The maximum atomic E-state index is 11.0. The van der Waals surface area contributed by atoms with Crippen molar-refractivity contribution in [2.45, 2.75) is 64.8 Å². The number of hydrogen-bond donors (Lipinski definition) is 0. The minimum absolute atomic E-state index is 0.0926. The van der Waals surface area contributed by atoms with Gasteiger partial charge in [-0.2, -0.15) is 0 Å². The van der Waals surface area contributed by atoms with E-state index >= 15 is 0 Å². The van der Waals surface area contributed by atoms with E-state index < -0.39 is 0 Å². The van der Waals surface area contributed by atoms with Crippen molar-refractivity contribution in [1.29, 1.82) is 0 Å². The Morgan fingerprint density at radius 1 is 1.41 bits per heavy atom. The molecule has 100 valence electrons. The molecule has 0 aromatic rings. The van der Waals surface area contributed by atoms with Crippen LogP contribution in [0.4, 0.5) is 0 Å². The molecule has 1 heterocycles. The fourth-order valence-electron chi connectivity index (χ4n) is 1.98. The van der Waals surface area contributed by atoms with Crippen molar-refractivity contribution in [2.75, 3.05) is 7.11 Å². The van der Waals surface area contributed by atoms with Gasteiger partial charge in [0.15, 0.2) is 12.4 Å². The molecule has 0 radical (unpaired) electrons. The molecular weight excluding hydrogens is 224 g/mol. The van der Waals surface area contributed by atoms with Crippen molar-refractivity contribution in [2.24, 2.45) is 0 Å². The summed E-state index contributed by atoms with van der Waals surface area (Å²) in [6.07, 6.45) is -0.439. The van der Waals surface area contributed by atoms with Crippen LogP contribution in [0.15, 0.2) is 0 Å². The molecule has 0 amide bonds. The summed E-state index contributed by atoms with van der Waals surface area (Å²) in [6.45, 7) is 7.15. The highest BCUT2D eigenvalue weighted by Crippen LogP contribution is 2.26. The van der Waals surface area contributed by atoms with Crippen molar-refractivity contribution in [3.63, 3.8) is 0 Å². The summed E-state index contributed by atoms with van der Waals surface area (Å²) in [7, 11) is 1.60. The van der Waals surface area contributed by atoms with Gasteiger partial charge in [-0.25, -0.2) is 0 Å². The van der Waals surface area contributed by atoms with E-state index in [9.17, 15) is 4.79 Å². The van der Waals surface area contributed by atoms with Gasteiger partial charge in [-0.3, -0.25) is 4.79 Å². The fourth-order valence-corrected chi connectivity index (χ4v) is 1.98. The highest BCUT2D eigenvalue weighted by atomic mass is 16.7. The van der Waals surface area contributed by atoms with Crippen LogP contribution in [0, 0.1) is 0 Å². The second-order valence-corrected chi connectivity index (χ2v) is 4.54. The summed E-state index contributed by atoms with van der Waals surface area (Å²) in [5.41, 5.74) is 0. The van der Waals surface area contributed by atoms with Gasteiger partial charge >= 0.3 is 5.97 Å². The minimum Gasteiger partial charge on any atom is -0.457 e. The first-order chi connectivity index (χ1) is 7.93. The van der Waals surface area contributed by atoms with Crippen molar-refractivity contribution in [3.8, 4) is 0 Å². The summed E-state index contributed by atoms with van der Waals surface area (Å²) >= 11 is 0. The number of rotatable bonds is 4. The zero-order valence-corrected chi connectivity index (χ0v) is 11.1. The molecule has 17 heavy (non-hydrogen) atoms. The first-order valence-corrected chi connectivity index (χ1v) is 5.95. The van der Waals surface area contributed by atoms with Gasteiger partial charge in [0.05, 0.1) is 12.2 Å². The van der Waals surface area contributed by atoms with Crippen molar-refractivity contribution >= 4 is 5.97 Å². The SMILES string of the molecule is CO[C@@H]1C[C@H](OC(C)C)O[C@@H](C)[C@H]1OC(C)=O. The monoisotopic (exact) mass is 246 g/mol. The van der Waals surface area contributed by atoms with E-state index in [-0.39, 0.29) is 36.7 Å². The second kappa shape index (κ2) is 6.33. The zero-order valence-electron chi connectivity index (χ0n) is 11.1. The summed E-state index contributed by atoms with van der Waals surface area (Å²) in [4.78, 5) is 11.0. The van der Waals surface area contributed by atoms with Crippen molar-refractivity contribution < 1.29 is 23.7 Å². The number of esters is 1. The molecule has 0 N–H and O–H groups in total. The van der Waals surface area contributed by atoms with Gasteiger partial charge in [-0.15, -0.1) is 0 Å². The van der Waals surface area contributed by atoms with Gasteiger partial charge in [0.2, 0.25) is 0 Å². The predicted molar refractivity (Wildman–Crippen MR) is 61.5 cm³/mol. The number of hydrogen-bond acceptors (Lipinski definition) is 5. The molecule has 0 saturated carbocycles.